The van der Waals surface area contributed by atoms with E-state index in [4.69, 9.17) is 0 Å². The van der Waals surface area contributed by atoms with Crippen LogP contribution in [0.3, 0.4) is 0 Å². The first-order valence-corrected chi connectivity index (χ1v) is 13.9. The van der Waals surface area contributed by atoms with Gasteiger partial charge in [-0.2, -0.15) is 26.3 Å². The minimum atomic E-state index is -4.72. The second-order valence-corrected chi connectivity index (χ2v) is 10.8. The number of carboxylic acids is 1. The highest BCUT2D eigenvalue weighted by Crippen LogP contribution is 2.40. The molecule has 2 aliphatic heterocycles. The number of pyridine rings is 1. The van der Waals surface area contributed by atoms with Gasteiger partial charge in [0.2, 0.25) is 0 Å². The van der Waals surface area contributed by atoms with Crippen molar-refractivity contribution in [2.45, 2.75) is 50.6 Å². The van der Waals surface area contributed by atoms with Crippen molar-refractivity contribution in [2.24, 2.45) is 5.92 Å². The molecule has 4 heterocycles. The van der Waals surface area contributed by atoms with Gasteiger partial charge in [-0.15, -0.1) is 24.8 Å². The van der Waals surface area contributed by atoms with Gasteiger partial charge >= 0.3 is 18.3 Å². The Morgan fingerprint density at radius 2 is 1.59 bits per heavy atom. The molecule has 1 atom stereocenters. The van der Waals surface area contributed by atoms with Crippen LogP contribution >= 0.6 is 24.8 Å². The van der Waals surface area contributed by atoms with Gasteiger partial charge in [0.1, 0.15) is 23.4 Å². The Balaban J connectivity index is 0.00000288. The summed E-state index contributed by atoms with van der Waals surface area (Å²) in [5, 5.41) is 11.7. The van der Waals surface area contributed by atoms with Crippen molar-refractivity contribution in [1.82, 2.24) is 19.9 Å². The van der Waals surface area contributed by atoms with Crippen molar-refractivity contribution < 1.29 is 41.0 Å². The number of nitrogens with one attached hydrogen (secondary N) is 1. The van der Waals surface area contributed by atoms with Crippen molar-refractivity contribution in [3.8, 4) is 11.1 Å². The first kappa shape index (κ1) is 36.8. The molecule has 17 heteroatoms. The molecule has 3 aromatic rings. The first-order valence-electron chi connectivity index (χ1n) is 13.9. The molecule has 0 saturated carbocycles. The maximum absolute atomic E-state index is 13.8. The van der Waals surface area contributed by atoms with E-state index in [2.05, 4.69) is 20.3 Å². The van der Waals surface area contributed by atoms with E-state index in [1.165, 1.54) is 41.6 Å². The van der Waals surface area contributed by atoms with E-state index in [-0.39, 0.29) is 78.9 Å². The number of benzene rings is 1. The third kappa shape index (κ3) is 8.36. The van der Waals surface area contributed by atoms with E-state index < -0.39 is 41.8 Å². The third-order valence-electron chi connectivity index (χ3n) is 7.91. The molecule has 2 saturated heterocycles. The highest BCUT2D eigenvalue weighted by atomic mass is 35.5. The van der Waals surface area contributed by atoms with Crippen LogP contribution in [0.1, 0.15) is 47.3 Å². The number of alkyl halides is 6. The van der Waals surface area contributed by atoms with Crippen LogP contribution in [0.25, 0.3) is 11.1 Å². The van der Waals surface area contributed by atoms with Gasteiger partial charge in [-0.1, -0.05) is 18.2 Å². The SMILES string of the molecule is Cl.Cl.O=C(Nc1cc(CN2CCC[C@H]2C(F)(F)F)c(-c2ccccc2C(F)(F)F)cn1)c1cnc(N2CCC(C(=O)O)CC2)cn1. The zero-order valence-electron chi connectivity index (χ0n) is 24.0. The molecule has 2 aromatic heterocycles. The zero-order valence-corrected chi connectivity index (χ0v) is 25.6. The van der Waals surface area contributed by atoms with Crippen LogP contribution in [0.4, 0.5) is 38.0 Å². The summed E-state index contributed by atoms with van der Waals surface area (Å²) in [5.41, 5.74) is -1.16. The normalized spacial score (nSPS) is 17.6. The fraction of sp³-hybridized carbons (Fsp3) is 0.414. The van der Waals surface area contributed by atoms with Gasteiger partial charge in [0.25, 0.3) is 5.91 Å². The van der Waals surface area contributed by atoms with Crippen molar-refractivity contribution in [3.63, 3.8) is 0 Å². The number of hydrogen-bond acceptors (Lipinski definition) is 7. The van der Waals surface area contributed by atoms with Crippen LogP contribution in [-0.4, -0.2) is 68.7 Å². The number of carbonyl (C=O) groups excluding carboxylic acids is 1. The summed E-state index contributed by atoms with van der Waals surface area (Å²) < 4.78 is 82.6. The summed E-state index contributed by atoms with van der Waals surface area (Å²) in [6.45, 7) is 0.703. The van der Waals surface area contributed by atoms with Crippen molar-refractivity contribution >= 4 is 48.3 Å². The number of carbonyl (C=O) groups is 2. The fourth-order valence-corrected chi connectivity index (χ4v) is 5.65. The number of halogens is 8. The topological polar surface area (TPSA) is 112 Å². The Labute approximate surface area is 272 Å². The summed E-state index contributed by atoms with van der Waals surface area (Å²) in [6, 6.07) is 4.27. The lowest BCUT2D eigenvalue weighted by molar-refractivity contribution is -0.177. The Kier molecular flexibility index (Phi) is 11.8. The molecular weight excluding hydrogens is 665 g/mol. The van der Waals surface area contributed by atoms with Crippen LogP contribution in [0.15, 0.2) is 48.9 Å². The molecule has 0 spiro atoms. The summed E-state index contributed by atoms with van der Waals surface area (Å²) >= 11 is 0. The summed E-state index contributed by atoms with van der Waals surface area (Å²) in [4.78, 5) is 39.7. The Morgan fingerprint density at radius 3 is 2.20 bits per heavy atom. The lowest BCUT2D eigenvalue weighted by Crippen LogP contribution is -2.40. The van der Waals surface area contributed by atoms with Crippen molar-refractivity contribution in [3.05, 3.63) is 65.7 Å². The molecule has 250 valence electrons. The van der Waals surface area contributed by atoms with Crippen LogP contribution in [0.5, 0.6) is 0 Å². The molecular formula is C29H30Cl2F6N6O3. The molecule has 5 rings (SSSR count). The molecule has 0 aliphatic carbocycles. The molecule has 9 nitrogen and oxygen atoms in total. The highest BCUT2D eigenvalue weighted by molar-refractivity contribution is 6.02. The minimum absolute atomic E-state index is 0. The fourth-order valence-electron chi connectivity index (χ4n) is 5.65. The lowest BCUT2D eigenvalue weighted by Gasteiger charge is -2.30. The molecule has 1 amide bonds. The number of rotatable bonds is 7. The predicted molar refractivity (Wildman–Crippen MR) is 161 cm³/mol. The minimum Gasteiger partial charge on any atom is -0.481 e. The molecule has 2 fully saturated rings. The molecule has 2 aliphatic rings. The smallest absolute Gasteiger partial charge is 0.417 e. The van der Waals surface area contributed by atoms with Crippen LogP contribution < -0.4 is 10.2 Å². The maximum Gasteiger partial charge on any atom is 0.417 e. The van der Waals surface area contributed by atoms with E-state index in [9.17, 15) is 41.0 Å². The molecule has 46 heavy (non-hydrogen) atoms. The van der Waals surface area contributed by atoms with E-state index in [1.54, 1.807) is 0 Å². The quantitative estimate of drug-likeness (QED) is 0.271. The van der Waals surface area contributed by atoms with Gasteiger partial charge in [0.05, 0.1) is 23.9 Å². The third-order valence-corrected chi connectivity index (χ3v) is 7.91. The Bertz CT molecular complexity index is 1520. The first-order chi connectivity index (χ1) is 20.8. The summed E-state index contributed by atoms with van der Waals surface area (Å²) in [5.74, 6) is -1.63. The van der Waals surface area contributed by atoms with Gasteiger partial charge in [0.15, 0.2) is 0 Å². The van der Waals surface area contributed by atoms with Crippen LogP contribution in [0.2, 0.25) is 0 Å². The Morgan fingerprint density at radius 1 is 0.891 bits per heavy atom. The van der Waals surface area contributed by atoms with Gasteiger partial charge < -0.3 is 15.3 Å². The number of hydrogen-bond donors (Lipinski definition) is 2. The van der Waals surface area contributed by atoms with Crippen molar-refractivity contribution in [2.75, 3.05) is 29.9 Å². The largest absolute Gasteiger partial charge is 0.481 e. The number of anilines is 2. The van der Waals surface area contributed by atoms with Gasteiger partial charge in [-0.25, -0.2) is 15.0 Å². The lowest BCUT2D eigenvalue weighted by atomic mass is 9.96. The van der Waals surface area contributed by atoms with Gasteiger partial charge in [-0.3, -0.25) is 14.5 Å². The number of nitrogens with zero attached hydrogens (tertiary/aromatic N) is 5. The average Bonchev–Trinajstić information content (AvgIpc) is 3.46. The van der Waals surface area contributed by atoms with E-state index in [0.717, 1.165) is 12.3 Å². The van der Waals surface area contributed by atoms with E-state index in [0.29, 0.717) is 31.7 Å². The molecule has 1 aromatic carbocycles. The second-order valence-electron chi connectivity index (χ2n) is 10.8. The maximum atomic E-state index is 13.8. The molecule has 0 bridgehead atoms. The number of piperidine rings is 1. The van der Waals surface area contributed by atoms with Crippen LogP contribution in [0, 0.1) is 5.92 Å². The summed E-state index contributed by atoms with van der Waals surface area (Å²) in [6.07, 6.45) is -4.49. The number of likely N-dealkylation sites (tertiary alicyclic amines) is 1. The second kappa shape index (κ2) is 14.8. The van der Waals surface area contributed by atoms with E-state index in [1.807, 2.05) is 4.90 Å². The predicted octanol–water partition coefficient (Wildman–Crippen LogP) is 6.48. The highest BCUT2D eigenvalue weighted by Gasteiger charge is 2.46. The number of amides is 1. The zero-order chi connectivity index (χ0) is 31.6. The van der Waals surface area contributed by atoms with Gasteiger partial charge in [-0.05, 0) is 55.5 Å². The van der Waals surface area contributed by atoms with Crippen LogP contribution in [-0.2, 0) is 17.5 Å². The van der Waals surface area contributed by atoms with Gasteiger partial charge in [0, 0.05) is 31.4 Å². The number of aromatic nitrogens is 3. The van der Waals surface area contributed by atoms with Crippen molar-refractivity contribution in [1.29, 1.82) is 0 Å². The van der Waals surface area contributed by atoms with E-state index >= 15 is 0 Å². The number of aliphatic carboxylic acids is 1. The number of carboxylic acid groups (broad SMARTS) is 1. The molecule has 2 N–H and O–H groups in total. The summed E-state index contributed by atoms with van der Waals surface area (Å²) in [7, 11) is 0. The monoisotopic (exact) mass is 694 g/mol. The standard InChI is InChI=1S/C29H28F6N6O3.2ClH/c30-28(31,32)21-5-2-1-4-19(21)20-13-37-24(12-18(20)16-41-9-3-6-23(41)29(33,34)35)39-26(42)22-14-38-25(15-36-22)40-10-7-17(8-11-40)27(43)44;;/h1-2,4-5,12-15,17,23H,3,6-11,16H2,(H,43,44)(H,37,39,42);2*1H/t23-;;/m0../s1. The molecule has 0 radical (unpaired) electrons. The molecule has 0 unspecified atom stereocenters. The average molecular weight is 695 g/mol. The Hall–Kier alpha value is -3.69.